The van der Waals surface area contributed by atoms with Gasteiger partial charge in [0.25, 0.3) is 0 Å². The van der Waals surface area contributed by atoms with Crippen LogP contribution in [0.25, 0.3) is 0 Å². The van der Waals surface area contributed by atoms with Crippen LogP contribution in [0.15, 0.2) is 9.67 Å². The van der Waals surface area contributed by atoms with Crippen molar-refractivity contribution < 1.29 is 5.11 Å². The summed E-state index contributed by atoms with van der Waals surface area (Å²) in [5, 5.41) is 9.09. The SMILES string of the molecule is CCC[CH2][Sn]([CH2]CCC)([CH2]CCC)/[C](C)=C/CCO. The molecule has 0 saturated heterocycles. The van der Waals surface area contributed by atoms with E-state index in [4.69, 9.17) is 5.11 Å². The Balaban J connectivity index is 4.95. The summed E-state index contributed by atoms with van der Waals surface area (Å²) in [4.78, 5) is 0. The van der Waals surface area contributed by atoms with Gasteiger partial charge in [-0.1, -0.05) is 0 Å². The van der Waals surface area contributed by atoms with Gasteiger partial charge in [-0.3, -0.25) is 0 Å². The molecule has 0 aliphatic carbocycles. The van der Waals surface area contributed by atoms with Crippen molar-refractivity contribution in [1.29, 1.82) is 0 Å². The molecule has 0 radical (unpaired) electrons. The van der Waals surface area contributed by atoms with Gasteiger partial charge in [-0.05, 0) is 0 Å². The van der Waals surface area contributed by atoms with E-state index < -0.39 is 18.4 Å². The van der Waals surface area contributed by atoms with Crippen LogP contribution in [-0.2, 0) is 0 Å². The van der Waals surface area contributed by atoms with Crippen LogP contribution in [0.2, 0.25) is 13.3 Å². The molecule has 0 aromatic rings. The van der Waals surface area contributed by atoms with Crippen molar-refractivity contribution in [3.05, 3.63) is 9.67 Å². The summed E-state index contributed by atoms with van der Waals surface area (Å²) < 4.78 is 6.37. The Kier molecular flexibility index (Phi) is 12.6. The standard InChI is InChI=1S/C5H9O.3C4H9.Sn/c1-2-3-4-5-6;3*1-3-4-2;/h3,6H,4-5H2,1H3;3*1,3-4H2,2H3;. The van der Waals surface area contributed by atoms with Gasteiger partial charge in [0, 0.05) is 0 Å². The molecule has 114 valence electrons. The zero-order chi connectivity index (χ0) is 14.6. The van der Waals surface area contributed by atoms with Crippen LogP contribution < -0.4 is 0 Å². The molecule has 19 heavy (non-hydrogen) atoms. The summed E-state index contributed by atoms with van der Waals surface area (Å²) >= 11 is -2.10. The average molecular weight is 375 g/mol. The van der Waals surface area contributed by atoms with Crippen LogP contribution in [0.5, 0.6) is 0 Å². The van der Waals surface area contributed by atoms with E-state index in [0.29, 0.717) is 6.61 Å². The van der Waals surface area contributed by atoms with E-state index in [2.05, 4.69) is 33.8 Å². The molecule has 0 aromatic carbocycles. The number of unbranched alkanes of at least 4 members (excludes halogenated alkanes) is 3. The normalized spacial score (nSPS) is 13.0. The number of allylic oxidation sites excluding steroid dienone is 1. The predicted octanol–water partition coefficient (Wildman–Crippen LogP) is 5.70. The van der Waals surface area contributed by atoms with Crippen molar-refractivity contribution in [1.82, 2.24) is 0 Å². The Morgan fingerprint density at radius 3 is 1.63 bits per heavy atom. The molecule has 0 aliphatic rings. The molecule has 0 heterocycles. The topological polar surface area (TPSA) is 20.2 Å². The zero-order valence-electron chi connectivity index (χ0n) is 13.8. The second-order valence-electron chi connectivity index (χ2n) is 5.99. The van der Waals surface area contributed by atoms with Gasteiger partial charge in [-0.15, -0.1) is 0 Å². The van der Waals surface area contributed by atoms with Crippen molar-refractivity contribution in [2.75, 3.05) is 6.61 Å². The van der Waals surface area contributed by atoms with Gasteiger partial charge in [-0.2, -0.15) is 0 Å². The Bertz CT molecular complexity index is 214. The minimum atomic E-state index is -2.10. The second kappa shape index (κ2) is 12.3. The molecule has 0 amide bonds. The molecule has 0 saturated carbocycles. The molecule has 0 fully saturated rings. The third-order valence-corrected chi connectivity index (χ3v) is 21.0. The Morgan fingerprint density at radius 2 is 1.32 bits per heavy atom. The van der Waals surface area contributed by atoms with E-state index in [1.807, 2.05) is 0 Å². The van der Waals surface area contributed by atoms with Gasteiger partial charge in [-0.25, -0.2) is 0 Å². The number of hydrogen-bond donors (Lipinski definition) is 1. The van der Waals surface area contributed by atoms with Crippen LogP contribution >= 0.6 is 0 Å². The predicted molar refractivity (Wildman–Crippen MR) is 90.4 cm³/mol. The van der Waals surface area contributed by atoms with Crippen molar-refractivity contribution >= 4 is 18.4 Å². The number of rotatable bonds is 12. The zero-order valence-corrected chi connectivity index (χ0v) is 16.7. The fourth-order valence-electron chi connectivity index (χ4n) is 3.01. The maximum absolute atomic E-state index is 9.09. The molecule has 1 N–H and O–H groups in total. The molecule has 1 nitrogen and oxygen atoms in total. The monoisotopic (exact) mass is 376 g/mol. The summed E-state index contributed by atoms with van der Waals surface area (Å²) in [5.41, 5.74) is 0. The van der Waals surface area contributed by atoms with E-state index in [9.17, 15) is 0 Å². The average Bonchev–Trinajstić information content (AvgIpc) is 2.44. The molecule has 0 unspecified atom stereocenters. The quantitative estimate of drug-likeness (QED) is 0.434. The van der Waals surface area contributed by atoms with Gasteiger partial charge in [0.05, 0.1) is 0 Å². The van der Waals surface area contributed by atoms with E-state index in [0.717, 1.165) is 6.42 Å². The molecule has 0 spiro atoms. The summed E-state index contributed by atoms with van der Waals surface area (Å²) in [6.07, 6.45) is 11.5. The molecule has 0 bridgehead atoms. The van der Waals surface area contributed by atoms with E-state index in [1.165, 1.54) is 38.5 Å². The van der Waals surface area contributed by atoms with E-state index in [-0.39, 0.29) is 0 Å². The molecule has 0 aromatic heterocycles. The van der Waals surface area contributed by atoms with Crippen LogP contribution in [0.1, 0.15) is 72.6 Å². The van der Waals surface area contributed by atoms with Crippen molar-refractivity contribution in [3.63, 3.8) is 0 Å². The van der Waals surface area contributed by atoms with Crippen LogP contribution in [-0.4, -0.2) is 30.1 Å². The Hall–Kier alpha value is 0.499. The van der Waals surface area contributed by atoms with Crippen LogP contribution in [0.3, 0.4) is 0 Å². The van der Waals surface area contributed by atoms with Gasteiger partial charge >= 0.3 is 126 Å². The maximum atomic E-state index is 9.09. The van der Waals surface area contributed by atoms with E-state index >= 15 is 0 Å². The summed E-state index contributed by atoms with van der Waals surface area (Å²) in [5.74, 6) is 0. The first kappa shape index (κ1) is 19.5. The molecular formula is C17H36OSn. The summed E-state index contributed by atoms with van der Waals surface area (Å²) in [7, 11) is 0. The summed E-state index contributed by atoms with van der Waals surface area (Å²) in [6.45, 7) is 9.68. The first-order chi connectivity index (χ1) is 9.16. The number of aliphatic hydroxyl groups excluding tert-OH is 1. The molecule has 0 rings (SSSR count). The van der Waals surface area contributed by atoms with Gasteiger partial charge in [0.15, 0.2) is 0 Å². The minimum absolute atomic E-state index is 0.314. The van der Waals surface area contributed by atoms with Gasteiger partial charge in [0.1, 0.15) is 0 Å². The first-order valence-electron chi connectivity index (χ1n) is 8.45. The number of aliphatic hydroxyl groups is 1. The van der Waals surface area contributed by atoms with Crippen molar-refractivity contribution in [3.8, 4) is 0 Å². The molecule has 0 aliphatic heterocycles. The molecular weight excluding hydrogens is 339 g/mol. The Labute approximate surface area is 125 Å². The fraction of sp³-hybridized carbons (Fsp3) is 0.882. The van der Waals surface area contributed by atoms with Crippen LogP contribution in [0, 0.1) is 0 Å². The van der Waals surface area contributed by atoms with Crippen molar-refractivity contribution in [2.45, 2.75) is 86.0 Å². The van der Waals surface area contributed by atoms with Crippen LogP contribution in [0.4, 0.5) is 0 Å². The van der Waals surface area contributed by atoms with Crippen molar-refractivity contribution in [2.24, 2.45) is 0 Å². The fourth-order valence-corrected chi connectivity index (χ4v) is 19.0. The van der Waals surface area contributed by atoms with E-state index in [1.54, 1.807) is 16.9 Å². The van der Waals surface area contributed by atoms with Gasteiger partial charge in [0.2, 0.25) is 0 Å². The molecule has 0 atom stereocenters. The Morgan fingerprint density at radius 1 is 0.895 bits per heavy atom. The third-order valence-electron chi connectivity index (χ3n) is 4.44. The summed E-state index contributed by atoms with van der Waals surface area (Å²) in [6, 6.07) is 0. The third kappa shape index (κ3) is 7.74. The number of hydrogen-bond acceptors (Lipinski definition) is 1. The second-order valence-corrected chi connectivity index (χ2v) is 19.8. The molecule has 2 heteroatoms. The first-order valence-corrected chi connectivity index (χ1v) is 15.9. The van der Waals surface area contributed by atoms with Gasteiger partial charge < -0.3 is 0 Å².